The molecule has 3 N–H and O–H groups in total. The zero-order valence-electron chi connectivity index (χ0n) is 13.2. The molecule has 122 valence electrons. The highest BCUT2D eigenvalue weighted by Crippen LogP contribution is 2.44. The summed E-state index contributed by atoms with van der Waals surface area (Å²) in [6.45, 7) is 4.08. The smallest absolute Gasteiger partial charge is 0.193 e. The Bertz CT molecular complexity index is 710. The van der Waals surface area contributed by atoms with Crippen molar-refractivity contribution in [2.24, 2.45) is 10.7 Å². The fourth-order valence-electron chi connectivity index (χ4n) is 2.84. The maximum absolute atomic E-state index is 13.7. The van der Waals surface area contributed by atoms with Crippen LogP contribution in [-0.2, 0) is 0 Å². The van der Waals surface area contributed by atoms with Crippen molar-refractivity contribution in [1.29, 1.82) is 0 Å². The number of aryl methyl sites for hydroxylation is 2. The zero-order valence-corrected chi connectivity index (χ0v) is 15.5. The van der Waals surface area contributed by atoms with E-state index in [9.17, 15) is 4.39 Å². The van der Waals surface area contributed by atoms with E-state index in [-0.39, 0.29) is 41.8 Å². The van der Waals surface area contributed by atoms with E-state index in [1.165, 1.54) is 17.2 Å². The minimum Gasteiger partial charge on any atom is -0.370 e. The summed E-state index contributed by atoms with van der Waals surface area (Å²) >= 11 is 0. The molecule has 1 aliphatic rings. The lowest BCUT2D eigenvalue weighted by atomic mass is 10.1. The van der Waals surface area contributed by atoms with Gasteiger partial charge in [0.1, 0.15) is 5.82 Å². The van der Waals surface area contributed by atoms with Gasteiger partial charge in [-0.3, -0.25) is 0 Å². The van der Waals surface area contributed by atoms with Crippen LogP contribution in [0.15, 0.2) is 47.5 Å². The Morgan fingerprint density at radius 2 is 1.83 bits per heavy atom. The number of hydrogen-bond donors (Lipinski definition) is 2. The third kappa shape index (κ3) is 4.43. The lowest BCUT2D eigenvalue weighted by Gasteiger charge is -2.08. The highest BCUT2D eigenvalue weighted by Gasteiger charge is 2.40. The molecule has 1 fully saturated rings. The van der Waals surface area contributed by atoms with Crippen molar-refractivity contribution >= 4 is 35.6 Å². The SMILES string of the molecule is Cc1cc(C)cc(NC(N)=NC2CC2c2ccccc2F)c1.I. The topological polar surface area (TPSA) is 50.4 Å². The van der Waals surface area contributed by atoms with Gasteiger partial charge in [0.15, 0.2) is 5.96 Å². The van der Waals surface area contributed by atoms with Crippen molar-refractivity contribution < 1.29 is 4.39 Å². The predicted molar refractivity (Wildman–Crippen MR) is 104 cm³/mol. The first kappa shape index (κ1) is 17.7. The molecule has 0 amide bonds. The van der Waals surface area contributed by atoms with Crippen LogP contribution < -0.4 is 11.1 Å². The number of anilines is 1. The highest BCUT2D eigenvalue weighted by molar-refractivity contribution is 14.0. The molecule has 2 atom stereocenters. The molecular formula is C18H21FIN3. The second-order valence-corrected chi connectivity index (χ2v) is 5.95. The Labute approximate surface area is 153 Å². The van der Waals surface area contributed by atoms with Gasteiger partial charge in [0, 0.05) is 11.6 Å². The molecule has 0 aliphatic heterocycles. The van der Waals surface area contributed by atoms with Crippen LogP contribution in [0.25, 0.3) is 0 Å². The van der Waals surface area contributed by atoms with Crippen LogP contribution in [-0.4, -0.2) is 12.0 Å². The Kier molecular flexibility index (Phi) is 5.62. The molecule has 2 aromatic carbocycles. The molecule has 0 aromatic heterocycles. The Morgan fingerprint density at radius 3 is 2.48 bits per heavy atom. The molecule has 0 saturated heterocycles. The molecule has 3 rings (SSSR count). The minimum atomic E-state index is -0.161. The maximum atomic E-state index is 13.7. The Hall–Kier alpha value is -1.63. The number of benzene rings is 2. The standard InChI is InChI=1S/C18H20FN3.HI/c1-11-7-12(2)9-13(8-11)21-18(20)22-17-10-15(17)14-5-3-4-6-16(14)19;/h3-9,15,17H,10H2,1-2H3,(H3,20,21,22);1H. The molecule has 2 unspecified atom stereocenters. The number of nitrogens with two attached hydrogens (primary N) is 1. The Morgan fingerprint density at radius 1 is 1.17 bits per heavy atom. The molecule has 0 bridgehead atoms. The number of halogens is 2. The molecule has 1 aliphatic carbocycles. The van der Waals surface area contributed by atoms with Gasteiger partial charge in [-0.05, 0) is 55.2 Å². The number of guanidine groups is 1. The largest absolute Gasteiger partial charge is 0.370 e. The number of hydrogen-bond acceptors (Lipinski definition) is 1. The summed E-state index contributed by atoms with van der Waals surface area (Å²) in [5.41, 5.74) is 9.98. The number of aliphatic imine (C=N–C) groups is 1. The number of rotatable bonds is 3. The summed E-state index contributed by atoms with van der Waals surface area (Å²) in [5, 5.41) is 3.12. The van der Waals surface area contributed by atoms with Crippen LogP contribution in [0.2, 0.25) is 0 Å². The van der Waals surface area contributed by atoms with Gasteiger partial charge in [0.25, 0.3) is 0 Å². The van der Waals surface area contributed by atoms with Gasteiger partial charge in [-0.2, -0.15) is 0 Å². The highest BCUT2D eigenvalue weighted by atomic mass is 127. The van der Waals surface area contributed by atoms with Gasteiger partial charge >= 0.3 is 0 Å². The monoisotopic (exact) mass is 425 g/mol. The van der Waals surface area contributed by atoms with Crippen LogP contribution in [0, 0.1) is 19.7 Å². The average molecular weight is 425 g/mol. The van der Waals surface area contributed by atoms with Crippen LogP contribution in [0.3, 0.4) is 0 Å². The molecule has 2 aromatic rings. The van der Waals surface area contributed by atoms with Crippen molar-refractivity contribution in [3.63, 3.8) is 0 Å². The van der Waals surface area contributed by atoms with E-state index in [4.69, 9.17) is 5.73 Å². The summed E-state index contributed by atoms with van der Waals surface area (Å²) in [4.78, 5) is 4.46. The third-order valence-electron chi connectivity index (χ3n) is 3.86. The van der Waals surface area contributed by atoms with E-state index in [0.717, 1.165) is 17.7 Å². The van der Waals surface area contributed by atoms with Crippen molar-refractivity contribution in [3.8, 4) is 0 Å². The van der Waals surface area contributed by atoms with E-state index in [1.54, 1.807) is 6.07 Å². The van der Waals surface area contributed by atoms with Gasteiger partial charge in [0.05, 0.1) is 6.04 Å². The van der Waals surface area contributed by atoms with Crippen LogP contribution in [0.1, 0.15) is 29.0 Å². The summed E-state index contributed by atoms with van der Waals surface area (Å²) < 4.78 is 13.7. The van der Waals surface area contributed by atoms with Gasteiger partial charge < -0.3 is 11.1 Å². The average Bonchev–Trinajstić information content (AvgIpc) is 3.16. The first-order valence-electron chi connectivity index (χ1n) is 7.46. The van der Waals surface area contributed by atoms with Crippen molar-refractivity contribution in [2.75, 3.05) is 5.32 Å². The van der Waals surface area contributed by atoms with Crippen LogP contribution >= 0.6 is 24.0 Å². The van der Waals surface area contributed by atoms with Gasteiger partial charge in [-0.1, -0.05) is 24.3 Å². The van der Waals surface area contributed by atoms with Crippen LogP contribution in [0.4, 0.5) is 10.1 Å². The molecule has 0 heterocycles. The summed E-state index contributed by atoms with van der Waals surface area (Å²) in [7, 11) is 0. The lowest BCUT2D eigenvalue weighted by molar-refractivity contribution is 0.609. The summed E-state index contributed by atoms with van der Waals surface area (Å²) in [6, 6.07) is 13.1. The third-order valence-corrected chi connectivity index (χ3v) is 3.86. The minimum absolute atomic E-state index is 0. The molecule has 0 radical (unpaired) electrons. The van der Waals surface area contributed by atoms with E-state index in [1.807, 2.05) is 38.1 Å². The van der Waals surface area contributed by atoms with E-state index < -0.39 is 0 Å². The molecule has 5 heteroatoms. The lowest BCUT2D eigenvalue weighted by Crippen LogP contribution is -2.23. The maximum Gasteiger partial charge on any atom is 0.193 e. The quantitative estimate of drug-likeness (QED) is 0.437. The fraction of sp³-hybridized carbons (Fsp3) is 0.278. The summed E-state index contributed by atoms with van der Waals surface area (Å²) in [5.74, 6) is 0.362. The van der Waals surface area contributed by atoms with Gasteiger partial charge in [-0.25, -0.2) is 9.38 Å². The molecule has 3 nitrogen and oxygen atoms in total. The molecule has 0 spiro atoms. The molecule has 1 saturated carbocycles. The van der Waals surface area contributed by atoms with Gasteiger partial charge in [-0.15, -0.1) is 24.0 Å². The second kappa shape index (κ2) is 7.29. The van der Waals surface area contributed by atoms with E-state index in [2.05, 4.69) is 16.4 Å². The first-order chi connectivity index (χ1) is 10.5. The summed E-state index contributed by atoms with van der Waals surface area (Å²) in [6.07, 6.45) is 0.843. The van der Waals surface area contributed by atoms with Crippen molar-refractivity contribution in [2.45, 2.75) is 32.2 Å². The van der Waals surface area contributed by atoms with E-state index >= 15 is 0 Å². The van der Waals surface area contributed by atoms with Crippen molar-refractivity contribution in [1.82, 2.24) is 0 Å². The predicted octanol–water partition coefficient (Wildman–Crippen LogP) is 4.34. The normalized spacial score (nSPS) is 19.9. The van der Waals surface area contributed by atoms with E-state index in [0.29, 0.717) is 5.96 Å². The zero-order chi connectivity index (χ0) is 15.7. The first-order valence-corrected chi connectivity index (χ1v) is 7.46. The number of nitrogens with zero attached hydrogens (tertiary/aromatic N) is 1. The fourth-order valence-corrected chi connectivity index (χ4v) is 2.84. The van der Waals surface area contributed by atoms with Gasteiger partial charge in [0.2, 0.25) is 0 Å². The Balaban J connectivity index is 0.00000192. The molecule has 23 heavy (non-hydrogen) atoms. The van der Waals surface area contributed by atoms with Crippen LogP contribution in [0.5, 0.6) is 0 Å². The second-order valence-electron chi connectivity index (χ2n) is 5.95. The molecular weight excluding hydrogens is 404 g/mol. The van der Waals surface area contributed by atoms with Crippen molar-refractivity contribution in [3.05, 3.63) is 65.0 Å². The number of nitrogens with one attached hydrogen (secondary N) is 1.